The van der Waals surface area contributed by atoms with Crippen molar-refractivity contribution in [3.8, 4) is 5.75 Å². The van der Waals surface area contributed by atoms with Gasteiger partial charge in [0, 0.05) is 24.8 Å². The van der Waals surface area contributed by atoms with E-state index in [-0.39, 0.29) is 0 Å². The first-order chi connectivity index (χ1) is 9.33. The number of nitrogens with one attached hydrogen (secondary N) is 1. The molecule has 0 bridgehead atoms. The lowest BCUT2D eigenvalue weighted by atomic mass is 10.0. The maximum absolute atomic E-state index is 5.63. The molecule has 0 saturated carbocycles. The quantitative estimate of drug-likeness (QED) is 0.853. The molecule has 0 aliphatic carbocycles. The number of likely N-dealkylation sites (N-methyl/N-ethyl adjacent to an activating group) is 1. The summed E-state index contributed by atoms with van der Waals surface area (Å²) < 4.78 is 5.63. The first kappa shape index (κ1) is 14.2. The van der Waals surface area contributed by atoms with Crippen LogP contribution in [0.2, 0.25) is 0 Å². The third-order valence-corrected chi connectivity index (χ3v) is 3.59. The fourth-order valence-corrected chi connectivity index (χ4v) is 2.64. The number of ether oxygens (including phenoxy) is 1. The van der Waals surface area contributed by atoms with Gasteiger partial charge in [0.05, 0.1) is 6.61 Å². The number of hydrogen-bond donors (Lipinski definition) is 1. The van der Waals surface area contributed by atoms with Crippen molar-refractivity contribution in [3.05, 3.63) is 24.3 Å². The molecule has 1 unspecified atom stereocenters. The maximum atomic E-state index is 5.63. The van der Waals surface area contributed by atoms with Crippen molar-refractivity contribution in [1.82, 2.24) is 5.32 Å². The van der Waals surface area contributed by atoms with Crippen LogP contribution in [0.5, 0.6) is 5.75 Å². The Hall–Kier alpha value is -1.22. The Morgan fingerprint density at radius 2 is 2.05 bits per heavy atom. The molecule has 1 aliphatic rings. The predicted octanol–water partition coefficient (Wildman–Crippen LogP) is 3.05. The van der Waals surface area contributed by atoms with E-state index in [4.69, 9.17) is 4.74 Å². The minimum Gasteiger partial charge on any atom is -0.494 e. The molecule has 1 heterocycles. The molecular weight excluding hydrogens is 236 g/mol. The SMILES string of the molecule is CCCOc1ccc(N2CCCC(NCC)C2)cc1. The van der Waals surface area contributed by atoms with Gasteiger partial charge < -0.3 is 15.0 Å². The minimum absolute atomic E-state index is 0.634. The molecule has 0 amide bonds. The normalized spacial score (nSPS) is 19.5. The largest absolute Gasteiger partial charge is 0.494 e. The summed E-state index contributed by atoms with van der Waals surface area (Å²) in [6.45, 7) is 8.44. The second-order valence-electron chi connectivity index (χ2n) is 5.19. The highest BCUT2D eigenvalue weighted by Crippen LogP contribution is 2.23. The maximum Gasteiger partial charge on any atom is 0.119 e. The highest BCUT2D eigenvalue weighted by Gasteiger charge is 2.19. The van der Waals surface area contributed by atoms with Crippen molar-refractivity contribution in [2.75, 3.05) is 31.1 Å². The number of benzene rings is 1. The summed E-state index contributed by atoms with van der Waals surface area (Å²) >= 11 is 0. The van der Waals surface area contributed by atoms with Crippen LogP contribution in [0.1, 0.15) is 33.1 Å². The highest BCUT2D eigenvalue weighted by atomic mass is 16.5. The van der Waals surface area contributed by atoms with E-state index >= 15 is 0 Å². The molecule has 106 valence electrons. The number of piperidine rings is 1. The Morgan fingerprint density at radius 3 is 2.74 bits per heavy atom. The van der Waals surface area contributed by atoms with Crippen LogP contribution in [-0.2, 0) is 0 Å². The van der Waals surface area contributed by atoms with Crippen LogP contribution in [0, 0.1) is 0 Å². The van der Waals surface area contributed by atoms with E-state index in [9.17, 15) is 0 Å². The van der Waals surface area contributed by atoms with Crippen molar-refractivity contribution in [2.45, 2.75) is 39.2 Å². The van der Waals surface area contributed by atoms with Crippen LogP contribution in [-0.4, -0.2) is 32.3 Å². The molecule has 0 spiro atoms. The van der Waals surface area contributed by atoms with Gasteiger partial charge in [-0.2, -0.15) is 0 Å². The molecule has 1 atom stereocenters. The number of anilines is 1. The predicted molar refractivity (Wildman–Crippen MR) is 81.1 cm³/mol. The Morgan fingerprint density at radius 1 is 1.26 bits per heavy atom. The Labute approximate surface area is 116 Å². The van der Waals surface area contributed by atoms with Crippen molar-refractivity contribution in [1.29, 1.82) is 0 Å². The van der Waals surface area contributed by atoms with Gasteiger partial charge in [-0.15, -0.1) is 0 Å². The van der Waals surface area contributed by atoms with Crippen molar-refractivity contribution in [2.24, 2.45) is 0 Å². The molecular formula is C16H26N2O. The van der Waals surface area contributed by atoms with E-state index < -0.39 is 0 Å². The van der Waals surface area contributed by atoms with Crippen LogP contribution in [0.25, 0.3) is 0 Å². The summed E-state index contributed by atoms with van der Waals surface area (Å²) in [7, 11) is 0. The molecule has 1 aromatic carbocycles. The van der Waals surface area contributed by atoms with E-state index in [2.05, 4.69) is 48.3 Å². The number of hydrogen-bond acceptors (Lipinski definition) is 3. The smallest absolute Gasteiger partial charge is 0.119 e. The third kappa shape index (κ3) is 4.13. The fourth-order valence-electron chi connectivity index (χ4n) is 2.64. The molecule has 19 heavy (non-hydrogen) atoms. The Balaban J connectivity index is 1.93. The zero-order valence-electron chi connectivity index (χ0n) is 12.2. The zero-order valence-corrected chi connectivity index (χ0v) is 12.2. The van der Waals surface area contributed by atoms with E-state index in [1.165, 1.54) is 18.5 Å². The van der Waals surface area contributed by atoms with Crippen LogP contribution >= 0.6 is 0 Å². The lowest BCUT2D eigenvalue weighted by molar-refractivity contribution is 0.317. The average Bonchev–Trinajstić information content (AvgIpc) is 2.46. The average molecular weight is 262 g/mol. The molecule has 1 fully saturated rings. The van der Waals surface area contributed by atoms with Gasteiger partial charge in [-0.3, -0.25) is 0 Å². The van der Waals surface area contributed by atoms with Crippen LogP contribution in [0.15, 0.2) is 24.3 Å². The van der Waals surface area contributed by atoms with E-state index in [1.807, 2.05) is 0 Å². The summed E-state index contributed by atoms with van der Waals surface area (Å²) in [5.41, 5.74) is 1.31. The number of nitrogens with zero attached hydrogens (tertiary/aromatic N) is 1. The summed E-state index contributed by atoms with van der Waals surface area (Å²) in [4.78, 5) is 2.47. The molecule has 3 heteroatoms. The van der Waals surface area contributed by atoms with Crippen LogP contribution in [0.3, 0.4) is 0 Å². The van der Waals surface area contributed by atoms with Gasteiger partial charge >= 0.3 is 0 Å². The Bertz CT molecular complexity index is 362. The summed E-state index contributed by atoms with van der Waals surface area (Å²) in [5, 5.41) is 3.56. The second-order valence-corrected chi connectivity index (χ2v) is 5.19. The van der Waals surface area contributed by atoms with Crippen LogP contribution in [0.4, 0.5) is 5.69 Å². The zero-order chi connectivity index (χ0) is 13.5. The molecule has 1 aromatic rings. The van der Waals surface area contributed by atoms with E-state index in [1.54, 1.807) is 0 Å². The first-order valence-electron chi connectivity index (χ1n) is 7.54. The summed E-state index contributed by atoms with van der Waals surface area (Å²) in [6.07, 6.45) is 3.62. The monoisotopic (exact) mass is 262 g/mol. The van der Waals surface area contributed by atoms with Crippen LogP contribution < -0.4 is 15.0 Å². The van der Waals surface area contributed by atoms with Crippen molar-refractivity contribution >= 4 is 5.69 Å². The van der Waals surface area contributed by atoms with Gasteiger partial charge in [-0.05, 0) is 50.1 Å². The fraction of sp³-hybridized carbons (Fsp3) is 0.625. The van der Waals surface area contributed by atoms with Gasteiger partial charge in [0.15, 0.2) is 0 Å². The second kappa shape index (κ2) is 7.39. The lowest BCUT2D eigenvalue weighted by Gasteiger charge is -2.34. The molecule has 1 aliphatic heterocycles. The van der Waals surface area contributed by atoms with E-state index in [0.717, 1.165) is 38.4 Å². The molecule has 1 saturated heterocycles. The first-order valence-corrected chi connectivity index (χ1v) is 7.54. The van der Waals surface area contributed by atoms with Gasteiger partial charge in [0.2, 0.25) is 0 Å². The highest BCUT2D eigenvalue weighted by molar-refractivity contribution is 5.49. The van der Waals surface area contributed by atoms with Gasteiger partial charge in [-0.25, -0.2) is 0 Å². The van der Waals surface area contributed by atoms with Gasteiger partial charge in [0.1, 0.15) is 5.75 Å². The molecule has 2 rings (SSSR count). The van der Waals surface area contributed by atoms with Crippen molar-refractivity contribution in [3.63, 3.8) is 0 Å². The Kier molecular flexibility index (Phi) is 5.52. The molecule has 3 nitrogen and oxygen atoms in total. The van der Waals surface area contributed by atoms with Crippen molar-refractivity contribution < 1.29 is 4.74 Å². The molecule has 0 aromatic heterocycles. The third-order valence-electron chi connectivity index (χ3n) is 3.59. The molecule has 1 N–H and O–H groups in total. The summed E-state index contributed by atoms with van der Waals surface area (Å²) in [5.74, 6) is 0.978. The standard InChI is InChI=1S/C16H26N2O/c1-3-12-19-16-9-7-15(8-10-16)18-11-5-6-14(13-18)17-4-2/h7-10,14,17H,3-6,11-13H2,1-2H3. The van der Waals surface area contributed by atoms with Gasteiger partial charge in [0.25, 0.3) is 0 Å². The minimum atomic E-state index is 0.634. The summed E-state index contributed by atoms with van der Waals surface area (Å²) in [6, 6.07) is 9.16. The van der Waals surface area contributed by atoms with Gasteiger partial charge in [-0.1, -0.05) is 13.8 Å². The number of rotatable bonds is 6. The van der Waals surface area contributed by atoms with E-state index in [0.29, 0.717) is 6.04 Å². The topological polar surface area (TPSA) is 24.5 Å². The molecule has 0 radical (unpaired) electrons. The lowest BCUT2D eigenvalue weighted by Crippen LogP contribution is -2.45.